The molecular formula is C9H18O. The van der Waals surface area contributed by atoms with Gasteiger partial charge in [-0.2, -0.15) is 0 Å². The Morgan fingerprint density at radius 3 is 2.30 bits per heavy atom. The Labute approximate surface area is 63.8 Å². The third kappa shape index (κ3) is 1.98. The second-order valence-electron chi connectivity index (χ2n) is 4.01. The summed E-state index contributed by atoms with van der Waals surface area (Å²) in [5, 5.41) is 0. The van der Waals surface area contributed by atoms with Crippen molar-refractivity contribution in [1.82, 2.24) is 0 Å². The van der Waals surface area contributed by atoms with Gasteiger partial charge in [0, 0.05) is 6.61 Å². The monoisotopic (exact) mass is 142 g/mol. The van der Waals surface area contributed by atoms with Crippen LogP contribution in [0.3, 0.4) is 0 Å². The predicted molar refractivity (Wildman–Crippen MR) is 43.0 cm³/mol. The summed E-state index contributed by atoms with van der Waals surface area (Å²) in [6, 6.07) is 0. The van der Waals surface area contributed by atoms with Crippen LogP contribution in [0.4, 0.5) is 0 Å². The van der Waals surface area contributed by atoms with Crippen molar-refractivity contribution in [3.8, 4) is 0 Å². The van der Waals surface area contributed by atoms with Crippen molar-refractivity contribution in [3.05, 3.63) is 0 Å². The lowest BCUT2D eigenvalue weighted by Gasteiger charge is -2.38. The fourth-order valence-electron chi connectivity index (χ4n) is 1.19. The third-order valence-electron chi connectivity index (χ3n) is 2.18. The molecule has 0 radical (unpaired) electrons. The first-order chi connectivity index (χ1) is 4.62. The summed E-state index contributed by atoms with van der Waals surface area (Å²) >= 11 is 0. The van der Waals surface area contributed by atoms with E-state index in [2.05, 4.69) is 20.8 Å². The first-order valence-electron chi connectivity index (χ1n) is 4.26. The predicted octanol–water partition coefficient (Wildman–Crippen LogP) is 2.60. The molecule has 0 amide bonds. The van der Waals surface area contributed by atoms with Crippen LogP contribution >= 0.6 is 0 Å². The minimum Gasteiger partial charge on any atom is -0.375 e. The second kappa shape index (κ2) is 2.91. The molecule has 1 nitrogen and oxygen atoms in total. The van der Waals surface area contributed by atoms with E-state index in [-0.39, 0.29) is 5.60 Å². The standard InChI is InChI=1S/C9H18O/c1-8(2)7-10-9(3)5-4-6-9/h8H,4-7H2,1-3H3. The fourth-order valence-corrected chi connectivity index (χ4v) is 1.19. The third-order valence-corrected chi connectivity index (χ3v) is 2.18. The lowest BCUT2D eigenvalue weighted by atomic mass is 9.82. The Balaban J connectivity index is 2.12. The van der Waals surface area contributed by atoms with Crippen molar-refractivity contribution in [2.45, 2.75) is 45.6 Å². The van der Waals surface area contributed by atoms with Gasteiger partial charge in [0.25, 0.3) is 0 Å². The van der Waals surface area contributed by atoms with Crippen LogP contribution in [0.15, 0.2) is 0 Å². The van der Waals surface area contributed by atoms with E-state index in [1.165, 1.54) is 19.3 Å². The molecule has 0 aromatic heterocycles. The highest BCUT2D eigenvalue weighted by molar-refractivity contribution is 4.84. The largest absolute Gasteiger partial charge is 0.375 e. The Hall–Kier alpha value is -0.0400. The van der Waals surface area contributed by atoms with Crippen molar-refractivity contribution in [3.63, 3.8) is 0 Å². The van der Waals surface area contributed by atoms with Crippen molar-refractivity contribution in [2.75, 3.05) is 6.61 Å². The van der Waals surface area contributed by atoms with Gasteiger partial charge in [0.15, 0.2) is 0 Å². The molecule has 1 saturated carbocycles. The van der Waals surface area contributed by atoms with Gasteiger partial charge in [0.2, 0.25) is 0 Å². The van der Waals surface area contributed by atoms with Gasteiger partial charge >= 0.3 is 0 Å². The summed E-state index contributed by atoms with van der Waals surface area (Å²) in [5.41, 5.74) is 0.254. The van der Waals surface area contributed by atoms with Crippen molar-refractivity contribution in [1.29, 1.82) is 0 Å². The average molecular weight is 142 g/mol. The van der Waals surface area contributed by atoms with Gasteiger partial charge in [-0.25, -0.2) is 0 Å². The molecule has 0 heterocycles. The van der Waals surface area contributed by atoms with Crippen LogP contribution in [0.25, 0.3) is 0 Å². The van der Waals surface area contributed by atoms with E-state index < -0.39 is 0 Å². The summed E-state index contributed by atoms with van der Waals surface area (Å²) < 4.78 is 5.73. The fraction of sp³-hybridized carbons (Fsp3) is 1.00. The SMILES string of the molecule is CC(C)COC1(C)CCC1. The van der Waals surface area contributed by atoms with Gasteiger partial charge in [0.1, 0.15) is 0 Å². The number of rotatable bonds is 3. The Morgan fingerprint density at radius 2 is 2.00 bits per heavy atom. The second-order valence-corrected chi connectivity index (χ2v) is 4.01. The normalized spacial score (nSPS) is 22.8. The van der Waals surface area contributed by atoms with Crippen LogP contribution in [-0.4, -0.2) is 12.2 Å². The van der Waals surface area contributed by atoms with E-state index in [1.54, 1.807) is 0 Å². The number of ether oxygens (including phenoxy) is 1. The van der Waals surface area contributed by atoms with E-state index in [0.29, 0.717) is 5.92 Å². The molecule has 0 aromatic rings. The molecule has 0 atom stereocenters. The Morgan fingerprint density at radius 1 is 1.40 bits per heavy atom. The highest BCUT2D eigenvalue weighted by Gasteiger charge is 2.32. The molecule has 1 rings (SSSR count). The minimum absolute atomic E-state index is 0.254. The van der Waals surface area contributed by atoms with E-state index >= 15 is 0 Å². The average Bonchev–Trinajstić information content (AvgIpc) is 1.79. The van der Waals surface area contributed by atoms with E-state index in [0.717, 1.165) is 6.61 Å². The molecule has 1 aliphatic rings. The van der Waals surface area contributed by atoms with Gasteiger partial charge in [-0.15, -0.1) is 0 Å². The molecule has 0 aliphatic heterocycles. The molecule has 0 spiro atoms. The van der Waals surface area contributed by atoms with E-state index in [4.69, 9.17) is 4.74 Å². The maximum absolute atomic E-state index is 5.73. The molecule has 1 aliphatic carbocycles. The van der Waals surface area contributed by atoms with Gasteiger partial charge in [0.05, 0.1) is 5.60 Å². The lowest BCUT2D eigenvalue weighted by Crippen LogP contribution is -2.37. The quantitative estimate of drug-likeness (QED) is 0.588. The summed E-state index contributed by atoms with van der Waals surface area (Å²) in [5.74, 6) is 0.678. The van der Waals surface area contributed by atoms with Crippen LogP contribution in [0.1, 0.15) is 40.0 Å². The molecule has 0 N–H and O–H groups in total. The van der Waals surface area contributed by atoms with E-state index in [1.807, 2.05) is 0 Å². The molecule has 0 saturated heterocycles. The first-order valence-corrected chi connectivity index (χ1v) is 4.26. The Bertz CT molecular complexity index is 103. The summed E-state index contributed by atoms with van der Waals surface area (Å²) in [7, 11) is 0. The molecule has 0 unspecified atom stereocenters. The van der Waals surface area contributed by atoms with Gasteiger partial charge in [-0.3, -0.25) is 0 Å². The molecule has 10 heavy (non-hydrogen) atoms. The number of hydrogen-bond acceptors (Lipinski definition) is 1. The molecule has 1 fully saturated rings. The van der Waals surface area contributed by atoms with Crippen LogP contribution in [-0.2, 0) is 4.74 Å². The van der Waals surface area contributed by atoms with Crippen molar-refractivity contribution < 1.29 is 4.74 Å². The first kappa shape index (κ1) is 8.06. The summed E-state index contributed by atoms with van der Waals surface area (Å²) in [4.78, 5) is 0. The summed E-state index contributed by atoms with van der Waals surface area (Å²) in [6.07, 6.45) is 3.88. The molecule has 0 aromatic carbocycles. The Kier molecular flexibility index (Phi) is 2.35. The van der Waals surface area contributed by atoms with Crippen molar-refractivity contribution in [2.24, 2.45) is 5.92 Å². The molecule has 0 bridgehead atoms. The maximum Gasteiger partial charge on any atom is 0.0654 e. The zero-order valence-corrected chi connectivity index (χ0v) is 7.31. The summed E-state index contributed by atoms with van der Waals surface area (Å²) in [6.45, 7) is 7.54. The van der Waals surface area contributed by atoms with Crippen LogP contribution in [0, 0.1) is 5.92 Å². The van der Waals surface area contributed by atoms with E-state index in [9.17, 15) is 0 Å². The molecular weight excluding hydrogens is 124 g/mol. The van der Waals surface area contributed by atoms with Crippen LogP contribution in [0.5, 0.6) is 0 Å². The molecule has 1 heteroatoms. The zero-order valence-electron chi connectivity index (χ0n) is 7.31. The topological polar surface area (TPSA) is 9.23 Å². The van der Waals surface area contributed by atoms with Crippen LogP contribution in [0.2, 0.25) is 0 Å². The van der Waals surface area contributed by atoms with Gasteiger partial charge < -0.3 is 4.74 Å². The maximum atomic E-state index is 5.73. The highest BCUT2D eigenvalue weighted by Crippen LogP contribution is 2.34. The zero-order chi connectivity index (χ0) is 7.61. The lowest BCUT2D eigenvalue weighted by molar-refractivity contribution is -0.0942. The minimum atomic E-state index is 0.254. The van der Waals surface area contributed by atoms with Gasteiger partial charge in [-0.05, 0) is 32.1 Å². The van der Waals surface area contributed by atoms with Gasteiger partial charge in [-0.1, -0.05) is 13.8 Å². The highest BCUT2D eigenvalue weighted by atomic mass is 16.5. The van der Waals surface area contributed by atoms with Crippen LogP contribution < -0.4 is 0 Å². The smallest absolute Gasteiger partial charge is 0.0654 e. The van der Waals surface area contributed by atoms with Crippen molar-refractivity contribution >= 4 is 0 Å². The molecule has 60 valence electrons. The number of hydrogen-bond donors (Lipinski definition) is 0.